The molecular formula is C13H10F3N3O4. The Balaban J connectivity index is 2.28. The maximum absolute atomic E-state index is 13.3. The lowest BCUT2D eigenvalue weighted by Crippen LogP contribution is -2.33. The van der Waals surface area contributed by atoms with E-state index >= 15 is 0 Å². The highest BCUT2D eigenvalue weighted by molar-refractivity contribution is 6.03. The second-order valence-electron chi connectivity index (χ2n) is 5.12. The number of carbonyl (C=O) groups excluding carboxylic acids is 1. The largest absolute Gasteiger partial charge is 0.478 e. The summed E-state index contributed by atoms with van der Waals surface area (Å²) in [6, 6.07) is 1.37. The standard InChI is InChI=1S/C13H10F3N3O4/c1-5-2-8(18-23-5)19-4-6(12(21)22)10-11(19)7(13(14,15)16)3-9(20)17-10/h2,4,7H,3H2,1H3,(H,17,20)(H,21,22)/t7-/m0/s1. The summed E-state index contributed by atoms with van der Waals surface area (Å²) in [6.07, 6.45) is -4.54. The molecule has 0 fully saturated rings. The second-order valence-corrected chi connectivity index (χ2v) is 5.12. The van der Waals surface area contributed by atoms with Crippen LogP contribution < -0.4 is 5.32 Å². The molecule has 0 unspecified atom stereocenters. The summed E-state index contributed by atoms with van der Waals surface area (Å²) in [7, 11) is 0. The molecule has 2 aromatic rings. The molecule has 2 aromatic heterocycles. The third-order valence-corrected chi connectivity index (χ3v) is 3.52. The molecule has 0 aliphatic carbocycles. The number of carboxylic acid groups (broad SMARTS) is 1. The van der Waals surface area contributed by atoms with Crippen LogP contribution in [0.2, 0.25) is 0 Å². The molecule has 0 saturated heterocycles. The van der Waals surface area contributed by atoms with Gasteiger partial charge in [-0.05, 0) is 6.92 Å². The lowest BCUT2D eigenvalue weighted by atomic mass is 9.94. The Morgan fingerprint density at radius 2 is 2.22 bits per heavy atom. The average Bonchev–Trinajstić information content (AvgIpc) is 3.00. The van der Waals surface area contributed by atoms with Gasteiger partial charge in [-0.3, -0.25) is 9.36 Å². The van der Waals surface area contributed by atoms with Crippen LogP contribution in [0.25, 0.3) is 5.82 Å². The van der Waals surface area contributed by atoms with Gasteiger partial charge in [-0.1, -0.05) is 5.16 Å². The van der Waals surface area contributed by atoms with Crippen LogP contribution in [0.4, 0.5) is 18.9 Å². The van der Waals surface area contributed by atoms with E-state index in [0.29, 0.717) is 5.76 Å². The molecule has 122 valence electrons. The quantitative estimate of drug-likeness (QED) is 0.882. The molecule has 1 amide bonds. The zero-order valence-corrected chi connectivity index (χ0v) is 11.6. The van der Waals surface area contributed by atoms with E-state index in [0.717, 1.165) is 10.8 Å². The molecule has 1 aliphatic rings. The average molecular weight is 329 g/mol. The SMILES string of the molecule is Cc1cc(-n2cc(C(=O)O)c3c2[C@@H](C(F)(F)F)CC(=O)N3)no1. The van der Waals surface area contributed by atoms with Crippen LogP contribution in [0.15, 0.2) is 16.8 Å². The molecule has 3 heterocycles. The highest BCUT2D eigenvalue weighted by atomic mass is 19.4. The van der Waals surface area contributed by atoms with E-state index in [2.05, 4.69) is 10.5 Å². The van der Waals surface area contributed by atoms with Gasteiger partial charge in [0, 0.05) is 18.7 Å². The molecule has 2 N–H and O–H groups in total. The summed E-state index contributed by atoms with van der Waals surface area (Å²) in [6.45, 7) is 1.55. The van der Waals surface area contributed by atoms with E-state index in [4.69, 9.17) is 4.52 Å². The molecule has 0 radical (unpaired) electrons. The first-order valence-corrected chi connectivity index (χ1v) is 6.47. The van der Waals surface area contributed by atoms with Crippen LogP contribution >= 0.6 is 0 Å². The van der Waals surface area contributed by atoms with E-state index in [9.17, 15) is 27.9 Å². The van der Waals surface area contributed by atoms with E-state index in [-0.39, 0.29) is 17.2 Å². The molecular weight excluding hydrogens is 319 g/mol. The van der Waals surface area contributed by atoms with E-state index in [1.54, 1.807) is 6.92 Å². The van der Waals surface area contributed by atoms with Crippen molar-refractivity contribution in [3.8, 4) is 5.82 Å². The van der Waals surface area contributed by atoms with Crippen LogP contribution in [-0.4, -0.2) is 32.9 Å². The molecule has 10 heteroatoms. The van der Waals surface area contributed by atoms with Gasteiger partial charge in [0.2, 0.25) is 5.91 Å². The Kier molecular flexibility index (Phi) is 3.20. The van der Waals surface area contributed by atoms with Crippen molar-refractivity contribution in [3.05, 3.63) is 29.3 Å². The van der Waals surface area contributed by atoms with Crippen molar-refractivity contribution in [2.45, 2.75) is 25.4 Å². The molecule has 7 nitrogen and oxygen atoms in total. The lowest BCUT2D eigenvalue weighted by Gasteiger charge is -2.26. The number of anilines is 1. The number of aromatic carboxylic acids is 1. The zero-order valence-electron chi connectivity index (χ0n) is 11.6. The Hall–Kier alpha value is -2.78. The number of amides is 1. The van der Waals surface area contributed by atoms with Crippen molar-refractivity contribution in [1.29, 1.82) is 0 Å². The van der Waals surface area contributed by atoms with Crippen LogP contribution in [0.3, 0.4) is 0 Å². The second kappa shape index (κ2) is 4.86. The van der Waals surface area contributed by atoms with Gasteiger partial charge in [0.05, 0.1) is 11.4 Å². The summed E-state index contributed by atoms with van der Waals surface area (Å²) in [5.74, 6) is -4.12. The molecule has 3 rings (SSSR count). The first-order valence-electron chi connectivity index (χ1n) is 6.47. The van der Waals surface area contributed by atoms with E-state index < -0.39 is 36.0 Å². The van der Waals surface area contributed by atoms with Crippen LogP contribution in [0.1, 0.15) is 34.2 Å². The van der Waals surface area contributed by atoms with Gasteiger partial charge in [0.25, 0.3) is 0 Å². The minimum Gasteiger partial charge on any atom is -0.478 e. The molecule has 0 spiro atoms. The lowest BCUT2D eigenvalue weighted by molar-refractivity contribution is -0.157. The van der Waals surface area contributed by atoms with Crippen molar-refractivity contribution in [1.82, 2.24) is 9.72 Å². The summed E-state index contributed by atoms with van der Waals surface area (Å²) in [4.78, 5) is 22.9. The van der Waals surface area contributed by atoms with Crippen LogP contribution in [-0.2, 0) is 4.79 Å². The Bertz CT molecular complexity index is 806. The third kappa shape index (κ3) is 2.45. The van der Waals surface area contributed by atoms with E-state index in [1.165, 1.54) is 6.07 Å². The summed E-state index contributed by atoms with van der Waals surface area (Å²) < 4.78 is 45.8. The third-order valence-electron chi connectivity index (χ3n) is 3.52. The van der Waals surface area contributed by atoms with Crippen molar-refractivity contribution in [2.75, 3.05) is 5.32 Å². The predicted molar refractivity (Wildman–Crippen MR) is 69.6 cm³/mol. The van der Waals surface area contributed by atoms with Gasteiger partial charge in [0.15, 0.2) is 5.82 Å². The monoisotopic (exact) mass is 329 g/mol. The first-order chi connectivity index (χ1) is 10.7. The minimum absolute atomic E-state index is 0.0108. The maximum Gasteiger partial charge on any atom is 0.397 e. The number of carbonyl (C=O) groups is 2. The van der Waals surface area contributed by atoms with Crippen molar-refractivity contribution in [3.63, 3.8) is 0 Å². The minimum atomic E-state index is -4.71. The fraction of sp³-hybridized carbons (Fsp3) is 0.308. The number of alkyl halides is 3. The molecule has 1 aliphatic heterocycles. The number of hydrogen-bond acceptors (Lipinski definition) is 4. The van der Waals surface area contributed by atoms with Gasteiger partial charge in [-0.15, -0.1) is 0 Å². The van der Waals surface area contributed by atoms with Crippen molar-refractivity contribution in [2.24, 2.45) is 0 Å². The topological polar surface area (TPSA) is 97.4 Å². The number of halogens is 3. The molecule has 23 heavy (non-hydrogen) atoms. The molecule has 0 aromatic carbocycles. The van der Waals surface area contributed by atoms with Gasteiger partial charge in [-0.2, -0.15) is 13.2 Å². The number of aromatic nitrogens is 2. The summed E-state index contributed by atoms with van der Waals surface area (Å²) in [5.41, 5.74) is -1.18. The molecule has 0 saturated carbocycles. The number of nitrogens with zero attached hydrogens (tertiary/aromatic N) is 2. The van der Waals surface area contributed by atoms with Crippen LogP contribution in [0.5, 0.6) is 0 Å². The Morgan fingerprint density at radius 1 is 1.52 bits per heavy atom. The predicted octanol–water partition coefficient (Wildman–Crippen LogP) is 2.46. The van der Waals surface area contributed by atoms with Gasteiger partial charge < -0.3 is 14.9 Å². The number of nitrogens with one attached hydrogen (secondary N) is 1. The number of fused-ring (bicyclic) bond motifs is 1. The van der Waals surface area contributed by atoms with E-state index in [1.807, 2.05) is 0 Å². The Labute approximate surface area is 126 Å². The normalized spacial score (nSPS) is 17.7. The summed E-state index contributed by atoms with van der Waals surface area (Å²) in [5, 5.41) is 15.0. The van der Waals surface area contributed by atoms with Crippen molar-refractivity contribution >= 4 is 17.6 Å². The van der Waals surface area contributed by atoms with Gasteiger partial charge >= 0.3 is 12.1 Å². The number of aryl methyl sites for hydroxylation is 1. The fourth-order valence-corrected chi connectivity index (χ4v) is 2.56. The smallest absolute Gasteiger partial charge is 0.397 e. The number of rotatable bonds is 2. The van der Waals surface area contributed by atoms with Crippen molar-refractivity contribution < 1.29 is 32.4 Å². The number of carboxylic acids is 1. The molecule has 1 atom stereocenters. The van der Waals surface area contributed by atoms with Crippen LogP contribution in [0, 0.1) is 6.92 Å². The highest BCUT2D eigenvalue weighted by Gasteiger charge is 2.48. The summed E-state index contributed by atoms with van der Waals surface area (Å²) >= 11 is 0. The highest BCUT2D eigenvalue weighted by Crippen LogP contribution is 2.46. The molecule has 0 bridgehead atoms. The maximum atomic E-state index is 13.3. The van der Waals surface area contributed by atoms with Gasteiger partial charge in [-0.25, -0.2) is 4.79 Å². The zero-order chi connectivity index (χ0) is 16.9. The fourth-order valence-electron chi connectivity index (χ4n) is 2.56. The first kappa shape index (κ1) is 15.1. The Morgan fingerprint density at radius 3 is 2.74 bits per heavy atom. The van der Waals surface area contributed by atoms with Gasteiger partial charge in [0.1, 0.15) is 17.2 Å². The number of hydrogen-bond donors (Lipinski definition) is 2.